The summed E-state index contributed by atoms with van der Waals surface area (Å²) in [4.78, 5) is 0. The molecular formula is C20H12F2. The Morgan fingerprint density at radius 3 is 1.45 bits per heavy atom. The summed E-state index contributed by atoms with van der Waals surface area (Å²) in [6, 6.07) is 15.3. The summed E-state index contributed by atoms with van der Waals surface area (Å²) in [7, 11) is 0. The highest BCUT2D eigenvalue weighted by atomic mass is 19.1. The van der Waals surface area contributed by atoms with Crippen LogP contribution in [0.2, 0.25) is 0 Å². The first-order valence-electron chi connectivity index (χ1n) is 7.45. The van der Waals surface area contributed by atoms with Crippen molar-refractivity contribution in [2.24, 2.45) is 0 Å². The molecule has 2 aliphatic carbocycles. The number of benzene rings is 3. The summed E-state index contributed by atoms with van der Waals surface area (Å²) in [5, 5.41) is 0. The molecule has 0 atom stereocenters. The van der Waals surface area contributed by atoms with Gasteiger partial charge in [0.2, 0.25) is 0 Å². The van der Waals surface area contributed by atoms with Crippen molar-refractivity contribution >= 4 is 0 Å². The molecule has 3 aromatic carbocycles. The van der Waals surface area contributed by atoms with Crippen molar-refractivity contribution in [1.82, 2.24) is 0 Å². The first kappa shape index (κ1) is 12.1. The first-order valence-corrected chi connectivity index (χ1v) is 7.45. The fourth-order valence-corrected chi connectivity index (χ4v) is 3.90. The van der Waals surface area contributed by atoms with Gasteiger partial charge in [-0.2, -0.15) is 0 Å². The zero-order valence-electron chi connectivity index (χ0n) is 11.8. The fourth-order valence-electron chi connectivity index (χ4n) is 3.90. The van der Waals surface area contributed by atoms with Gasteiger partial charge in [0.15, 0.2) is 0 Å². The van der Waals surface area contributed by atoms with Crippen LogP contribution in [0.3, 0.4) is 0 Å². The van der Waals surface area contributed by atoms with Gasteiger partial charge in [0, 0.05) is 35.1 Å². The van der Waals surface area contributed by atoms with Crippen molar-refractivity contribution in [1.29, 1.82) is 0 Å². The van der Waals surface area contributed by atoms with E-state index in [0.717, 1.165) is 22.3 Å². The lowest BCUT2D eigenvalue weighted by Crippen LogP contribution is -1.99. The van der Waals surface area contributed by atoms with Crippen molar-refractivity contribution < 1.29 is 8.78 Å². The van der Waals surface area contributed by atoms with Crippen molar-refractivity contribution in [2.45, 2.75) is 12.8 Å². The SMILES string of the molecule is Fc1c2c(c(F)c3c1-c1ccccc1C3)-c1ccccc1C2. The molecule has 0 heterocycles. The number of hydrogen-bond acceptors (Lipinski definition) is 0. The van der Waals surface area contributed by atoms with Crippen LogP contribution in [0, 0.1) is 11.6 Å². The van der Waals surface area contributed by atoms with Gasteiger partial charge in [-0.05, 0) is 22.3 Å². The molecule has 106 valence electrons. The first-order chi connectivity index (χ1) is 10.8. The maximum atomic E-state index is 15.1. The van der Waals surface area contributed by atoms with Crippen molar-refractivity contribution in [3.05, 3.63) is 82.4 Å². The number of hydrogen-bond donors (Lipinski definition) is 0. The van der Waals surface area contributed by atoms with Crippen LogP contribution in [0.5, 0.6) is 0 Å². The lowest BCUT2D eigenvalue weighted by molar-refractivity contribution is 0.591. The van der Waals surface area contributed by atoms with E-state index in [1.807, 2.05) is 48.5 Å². The molecule has 0 nitrogen and oxygen atoms in total. The van der Waals surface area contributed by atoms with E-state index < -0.39 is 0 Å². The van der Waals surface area contributed by atoms with Gasteiger partial charge in [-0.1, -0.05) is 48.5 Å². The van der Waals surface area contributed by atoms with Gasteiger partial charge >= 0.3 is 0 Å². The molecule has 0 amide bonds. The van der Waals surface area contributed by atoms with Gasteiger partial charge in [0.1, 0.15) is 11.6 Å². The lowest BCUT2D eigenvalue weighted by atomic mass is 9.96. The Morgan fingerprint density at radius 1 is 0.591 bits per heavy atom. The molecule has 3 aromatic rings. The predicted molar refractivity (Wildman–Crippen MR) is 82.8 cm³/mol. The molecule has 0 fully saturated rings. The Bertz CT molecular complexity index is 875. The number of fused-ring (bicyclic) bond motifs is 6. The Balaban J connectivity index is 1.87. The highest BCUT2D eigenvalue weighted by Gasteiger charge is 2.34. The lowest BCUT2D eigenvalue weighted by Gasteiger charge is -2.11. The Kier molecular flexibility index (Phi) is 2.22. The molecule has 22 heavy (non-hydrogen) atoms. The molecule has 0 spiro atoms. The number of halogens is 2. The second kappa shape index (κ2) is 4.04. The fraction of sp³-hybridized carbons (Fsp3) is 0.100. The summed E-state index contributed by atoms with van der Waals surface area (Å²) < 4.78 is 30.3. The van der Waals surface area contributed by atoms with E-state index in [9.17, 15) is 0 Å². The third kappa shape index (κ3) is 1.35. The third-order valence-electron chi connectivity index (χ3n) is 4.88. The number of rotatable bonds is 0. The minimum absolute atomic E-state index is 0.243. The molecule has 0 aliphatic heterocycles. The average molecular weight is 290 g/mol. The zero-order valence-corrected chi connectivity index (χ0v) is 11.8. The van der Waals surface area contributed by atoms with Crippen LogP contribution in [-0.2, 0) is 12.8 Å². The van der Waals surface area contributed by atoms with Gasteiger partial charge < -0.3 is 0 Å². The van der Waals surface area contributed by atoms with Crippen LogP contribution in [0.1, 0.15) is 22.3 Å². The van der Waals surface area contributed by atoms with Gasteiger partial charge in [-0.15, -0.1) is 0 Å². The van der Waals surface area contributed by atoms with Gasteiger partial charge in [-0.3, -0.25) is 0 Å². The van der Waals surface area contributed by atoms with E-state index in [-0.39, 0.29) is 11.6 Å². The minimum Gasteiger partial charge on any atom is -0.206 e. The summed E-state index contributed by atoms with van der Waals surface area (Å²) in [5.74, 6) is -0.486. The Morgan fingerprint density at radius 2 is 1.00 bits per heavy atom. The quantitative estimate of drug-likeness (QED) is 0.372. The average Bonchev–Trinajstić information content (AvgIpc) is 3.12. The molecule has 0 saturated carbocycles. The van der Waals surface area contributed by atoms with E-state index in [0.29, 0.717) is 35.1 Å². The summed E-state index contributed by atoms with van der Waals surface area (Å²) >= 11 is 0. The van der Waals surface area contributed by atoms with Crippen molar-refractivity contribution in [3.8, 4) is 22.3 Å². The van der Waals surface area contributed by atoms with Gasteiger partial charge in [0.25, 0.3) is 0 Å². The summed E-state index contributed by atoms with van der Waals surface area (Å²) in [6.07, 6.45) is 0.952. The van der Waals surface area contributed by atoms with Crippen LogP contribution >= 0.6 is 0 Å². The van der Waals surface area contributed by atoms with E-state index >= 15 is 8.78 Å². The topological polar surface area (TPSA) is 0 Å². The summed E-state index contributed by atoms with van der Waals surface area (Å²) in [6.45, 7) is 0. The van der Waals surface area contributed by atoms with Gasteiger partial charge in [0.05, 0.1) is 0 Å². The maximum absolute atomic E-state index is 15.1. The molecule has 0 radical (unpaired) electrons. The van der Waals surface area contributed by atoms with Crippen LogP contribution in [0.4, 0.5) is 8.78 Å². The van der Waals surface area contributed by atoms with E-state index in [1.54, 1.807) is 0 Å². The molecule has 0 saturated heterocycles. The Hall–Kier alpha value is -2.48. The normalized spacial score (nSPS) is 13.5. The highest BCUT2D eigenvalue weighted by molar-refractivity contribution is 5.86. The third-order valence-corrected chi connectivity index (χ3v) is 4.88. The largest absolute Gasteiger partial charge is 0.206 e. The van der Waals surface area contributed by atoms with Crippen LogP contribution in [0.15, 0.2) is 48.5 Å². The maximum Gasteiger partial charge on any atom is 0.135 e. The van der Waals surface area contributed by atoms with Crippen molar-refractivity contribution in [3.63, 3.8) is 0 Å². The second-order valence-electron chi connectivity index (χ2n) is 6.00. The zero-order chi connectivity index (χ0) is 14.8. The molecule has 5 rings (SSSR count). The standard InChI is InChI=1S/C20H12F2/c21-19-15-9-11-5-1-3-7-13(11)17(15)20(22)16-10-12-6-2-4-8-14(12)18(16)19/h1-8H,9-10H2. The smallest absolute Gasteiger partial charge is 0.135 e. The molecule has 0 N–H and O–H groups in total. The van der Waals surface area contributed by atoms with Crippen LogP contribution in [-0.4, -0.2) is 0 Å². The highest BCUT2D eigenvalue weighted by Crippen LogP contribution is 2.48. The molecule has 0 unspecified atom stereocenters. The molecule has 2 aliphatic rings. The monoisotopic (exact) mass is 290 g/mol. The van der Waals surface area contributed by atoms with Crippen molar-refractivity contribution in [2.75, 3.05) is 0 Å². The Labute approximate surface area is 127 Å². The van der Waals surface area contributed by atoms with Crippen LogP contribution < -0.4 is 0 Å². The minimum atomic E-state index is -0.243. The van der Waals surface area contributed by atoms with Gasteiger partial charge in [-0.25, -0.2) is 8.78 Å². The van der Waals surface area contributed by atoms with E-state index in [4.69, 9.17) is 0 Å². The van der Waals surface area contributed by atoms with E-state index in [2.05, 4.69) is 0 Å². The van der Waals surface area contributed by atoms with E-state index in [1.165, 1.54) is 0 Å². The second-order valence-corrected chi connectivity index (χ2v) is 6.00. The molecule has 2 heteroatoms. The molecule has 0 aromatic heterocycles. The van der Waals surface area contributed by atoms with Crippen LogP contribution in [0.25, 0.3) is 22.3 Å². The molecular weight excluding hydrogens is 278 g/mol. The summed E-state index contributed by atoms with van der Waals surface area (Å²) in [5.41, 5.74) is 5.66. The predicted octanol–water partition coefficient (Wildman–Crippen LogP) is 5.11. The molecule has 0 bridgehead atoms.